The number of methoxy groups -OCH3 is 1. The third-order valence-corrected chi connectivity index (χ3v) is 5.25. The second kappa shape index (κ2) is 9.67. The lowest BCUT2D eigenvalue weighted by atomic mass is 10.1. The van der Waals surface area contributed by atoms with Crippen molar-refractivity contribution in [1.29, 1.82) is 0 Å². The Morgan fingerprint density at radius 2 is 1.93 bits per heavy atom. The van der Waals surface area contributed by atoms with Gasteiger partial charge in [-0.25, -0.2) is 0 Å². The molecule has 30 heavy (non-hydrogen) atoms. The lowest BCUT2D eigenvalue weighted by molar-refractivity contribution is 0.102. The molecule has 0 unspecified atom stereocenters. The maximum atomic E-state index is 13.2. The van der Waals surface area contributed by atoms with E-state index in [4.69, 9.17) is 16.3 Å². The van der Waals surface area contributed by atoms with Crippen LogP contribution in [0, 0.1) is 0 Å². The second-order valence-corrected chi connectivity index (χ2v) is 7.49. The van der Waals surface area contributed by atoms with E-state index in [1.165, 1.54) is 13.2 Å². The zero-order valence-electron chi connectivity index (χ0n) is 17.1. The predicted molar refractivity (Wildman–Crippen MR) is 120 cm³/mol. The minimum atomic E-state index is -0.717. The van der Waals surface area contributed by atoms with Crippen LogP contribution in [0.15, 0.2) is 47.3 Å². The van der Waals surface area contributed by atoms with E-state index in [1.807, 2.05) is 0 Å². The maximum Gasteiger partial charge on any atom is 0.267 e. The molecular weight excluding hydrogens is 404 g/mol. The van der Waals surface area contributed by atoms with E-state index in [9.17, 15) is 14.7 Å². The van der Waals surface area contributed by atoms with Crippen molar-refractivity contribution in [1.82, 2.24) is 4.57 Å². The number of halogens is 1. The summed E-state index contributed by atoms with van der Waals surface area (Å²) >= 11 is 6.03. The number of ether oxygens (including phenoxy) is 1. The summed E-state index contributed by atoms with van der Waals surface area (Å²) in [6.07, 6.45) is 3.96. The Balaban J connectivity index is 2.06. The second-order valence-electron chi connectivity index (χ2n) is 7.06. The summed E-state index contributed by atoms with van der Waals surface area (Å²) in [7, 11) is 1.47. The molecule has 0 spiro atoms. The lowest BCUT2D eigenvalue weighted by Crippen LogP contribution is -2.30. The number of nitrogens with one attached hydrogen (secondary N) is 1. The summed E-state index contributed by atoms with van der Waals surface area (Å²) in [5.41, 5.74) is 0.0947. The Hall–Kier alpha value is -2.99. The number of rotatable bonds is 8. The summed E-state index contributed by atoms with van der Waals surface area (Å²) in [4.78, 5) is 26.2. The molecule has 0 aliphatic carbocycles. The Kier molecular flexibility index (Phi) is 7.00. The van der Waals surface area contributed by atoms with Crippen molar-refractivity contribution in [3.8, 4) is 11.5 Å². The fourth-order valence-electron chi connectivity index (χ4n) is 3.48. The van der Waals surface area contributed by atoms with Crippen LogP contribution in [0.4, 0.5) is 5.69 Å². The van der Waals surface area contributed by atoms with Crippen LogP contribution in [-0.4, -0.2) is 22.7 Å². The number of pyridine rings is 1. The summed E-state index contributed by atoms with van der Waals surface area (Å²) < 4.78 is 6.81. The van der Waals surface area contributed by atoms with Gasteiger partial charge in [0.2, 0.25) is 0 Å². The van der Waals surface area contributed by atoms with Gasteiger partial charge in [0.05, 0.1) is 18.3 Å². The summed E-state index contributed by atoms with van der Waals surface area (Å²) in [6, 6.07) is 11.8. The molecule has 0 fully saturated rings. The van der Waals surface area contributed by atoms with Gasteiger partial charge in [-0.3, -0.25) is 9.59 Å². The molecule has 3 aromatic rings. The number of hydrogen-bond donors (Lipinski definition) is 2. The van der Waals surface area contributed by atoms with Gasteiger partial charge in [0.1, 0.15) is 17.1 Å². The molecule has 2 N–H and O–H groups in total. The van der Waals surface area contributed by atoms with Gasteiger partial charge in [0.25, 0.3) is 11.5 Å². The van der Waals surface area contributed by atoms with Crippen molar-refractivity contribution < 1.29 is 14.6 Å². The van der Waals surface area contributed by atoms with E-state index in [1.54, 1.807) is 41.0 Å². The van der Waals surface area contributed by atoms with E-state index in [0.717, 1.165) is 25.7 Å². The number of aromatic nitrogens is 1. The van der Waals surface area contributed by atoms with Crippen molar-refractivity contribution in [3.63, 3.8) is 0 Å². The number of para-hydroxylation sites is 1. The number of fused-ring (bicyclic) bond motifs is 1. The number of hydrogen-bond acceptors (Lipinski definition) is 4. The van der Waals surface area contributed by atoms with Crippen LogP contribution in [0.2, 0.25) is 5.02 Å². The third-order valence-electron chi connectivity index (χ3n) is 5.02. The highest BCUT2D eigenvalue weighted by Crippen LogP contribution is 2.30. The van der Waals surface area contributed by atoms with E-state index >= 15 is 0 Å². The van der Waals surface area contributed by atoms with Crippen molar-refractivity contribution >= 4 is 34.1 Å². The van der Waals surface area contributed by atoms with Crippen LogP contribution in [0.1, 0.15) is 43.0 Å². The van der Waals surface area contributed by atoms with Crippen LogP contribution in [0.3, 0.4) is 0 Å². The molecule has 0 saturated heterocycles. The zero-order valence-corrected chi connectivity index (χ0v) is 17.8. The fourth-order valence-corrected chi connectivity index (χ4v) is 3.65. The smallest absolute Gasteiger partial charge is 0.267 e. The van der Waals surface area contributed by atoms with Crippen molar-refractivity contribution in [2.24, 2.45) is 0 Å². The molecular formula is C23H25ClN2O4. The Bertz CT molecular complexity index is 1120. The van der Waals surface area contributed by atoms with Gasteiger partial charge in [-0.1, -0.05) is 49.9 Å². The van der Waals surface area contributed by atoms with Crippen LogP contribution < -0.4 is 15.6 Å². The largest absolute Gasteiger partial charge is 0.506 e. The number of unbranched alkanes of at least 4 members (excludes halogenated alkanes) is 3. The van der Waals surface area contributed by atoms with Gasteiger partial charge < -0.3 is 19.7 Å². The Labute approximate surface area is 180 Å². The average Bonchev–Trinajstić information content (AvgIpc) is 2.73. The van der Waals surface area contributed by atoms with Gasteiger partial charge in [-0.05, 0) is 36.8 Å². The molecule has 0 bridgehead atoms. The topological polar surface area (TPSA) is 80.6 Å². The molecule has 1 aromatic heterocycles. The van der Waals surface area contributed by atoms with Gasteiger partial charge in [-0.15, -0.1) is 0 Å². The van der Waals surface area contributed by atoms with Crippen LogP contribution in [0.25, 0.3) is 10.9 Å². The molecule has 7 heteroatoms. The van der Waals surface area contributed by atoms with Gasteiger partial charge in [0, 0.05) is 17.0 Å². The molecule has 0 aliphatic rings. The number of anilines is 1. The van der Waals surface area contributed by atoms with E-state index in [0.29, 0.717) is 33.9 Å². The van der Waals surface area contributed by atoms with Crippen LogP contribution in [-0.2, 0) is 6.54 Å². The number of aromatic hydroxyl groups is 1. The zero-order chi connectivity index (χ0) is 21.7. The highest BCUT2D eigenvalue weighted by atomic mass is 35.5. The monoisotopic (exact) mass is 428 g/mol. The number of carbonyl (C=O) groups is 1. The number of carbonyl (C=O) groups excluding carboxylic acids is 1. The van der Waals surface area contributed by atoms with E-state index in [-0.39, 0.29) is 11.3 Å². The van der Waals surface area contributed by atoms with Crippen molar-refractivity contribution in [3.05, 3.63) is 63.4 Å². The molecule has 0 aliphatic heterocycles. The van der Waals surface area contributed by atoms with Crippen molar-refractivity contribution in [2.75, 3.05) is 12.4 Å². The number of aryl methyl sites for hydroxylation is 1. The van der Waals surface area contributed by atoms with E-state index < -0.39 is 11.5 Å². The van der Waals surface area contributed by atoms with Crippen molar-refractivity contribution in [2.45, 2.75) is 39.2 Å². The molecule has 1 heterocycles. The third kappa shape index (κ3) is 4.44. The Morgan fingerprint density at radius 1 is 1.17 bits per heavy atom. The Morgan fingerprint density at radius 3 is 2.67 bits per heavy atom. The minimum Gasteiger partial charge on any atom is -0.506 e. The lowest BCUT2D eigenvalue weighted by Gasteiger charge is -2.16. The molecule has 1 amide bonds. The van der Waals surface area contributed by atoms with Gasteiger partial charge in [0.15, 0.2) is 0 Å². The highest BCUT2D eigenvalue weighted by Gasteiger charge is 2.23. The first-order chi connectivity index (χ1) is 14.5. The summed E-state index contributed by atoms with van der Waals surface area (Å²) in [5, 5.41) is 14.3. The average molecular weight is 429 g/mol. The quantitative estimate of drug-likeness (QED) is 0.483. The first kappa shape index (κ1) is 21.7. The molecule has 3 rings (SSSR count). The first-order valence-corrected chi connectivity index (χ1v) is 10.3. The fraction of sp³-hybridized carbons (Fsp3) is 0.304. The predicted octanol–water partition coefficient (Wildman–Crippen LogP) is 5.20. The van der Waals surface area contributed by atoms with E-state index in [2.05, 4.69) is 12.2 Å². The molecule has 2 aromatic carbocycles. The number of amides is 1. The maximum absolute atomic E-state index is 13.2. The van der Waals surface area contributed by atoms with Crippen LogP contribution >= 0.6 is 11.6 Å². The highest BCUT2D eigenvalue weighted by molar-refractivity contribution is 6.31. The summed E-state index contributed by atoms with van der Waals surface area (Å²) in [6.45, 7) is 2.59. The van der Waals surface area contributed by atoms with Crippen LogP contribution in [0.5, 0.6) is 11.5 Å². The molecule has 0 atom stereocenters. The number of benzene rings is 2. The normalized spacial score (nSPS) is 10.9. The summed E-state index contributed by atoms with van der Waals surface area (Å²) in [5.74, 6) is -0.655. The van der Waals surface area contributed by atoms with Gasteiger partial charge in [-0.2, -0.15) is 0 Å². The number of nitrogens with zero attached hydrogens (tertiary/aromatic N) is 1. The first-order valence-electron chi connectivity index (χ1n) is 9.97. The van der Waals surface area contributed by atoms with Gasteiger partial charge >= 0.3 is 0 Å². The SMILES string of the molecule is CCCCCCn1c(=O)c(C(=O)Nc2cc(Cl)ccc2OC)c(O)c2ccccc21. The molecule has 0 radical (unpaired) electrons. The minimum absolute atomic E-state index is 0.300. The molecule has 6 nitrogen and oxygen atoms in total. The standard InChI is InChI=1S/C23H25ClN2O4/c1-3-4-5-8-13-26-18-10-7-6-9-16(18)21(27)20(23(26)29)22(28)25-17-14-15(24)11-12-19(17)30-2/h6-7,9-12,14,27H,3-5,8,13H2,1-2H3,(H,25,28). The molecule has 0 saturated carbocycles. The molecule has 158 valence electrons.